The molecule has 3 rings (SSSR count). The third kappa shape index (κ3) is 2.88. The quantitative estimate of drug-likeness (QED) is 0.749. The van der Waals surface area contributed by atoms with Crippen LogP contribution in [0.2, 0.25) is 0 Å². The van der Waals surface area contributed by atoms with E-state index in [2.05, 4.69) is 4.90 Å². The van der Waals surface area contributed by atoms with Crippen molar-refractivity contribution in [2.45, 2.75) is 76.7 Å². The lowest BCUT2D eigenvalue weighted by molar-refractivity contribution is -0.138. The lowest BCUT2D eigenvalue weighted by Gasteiger charge is -2.41. The van der Waals surface area contributed by atoms with Crippen molar-refractivity contribution in [3.05, 3.63) is 0 Å². The lowest BCUT2D eigenvalue weighted by atomic mass is 9.76. The molecule has 3 fully saturated rings. The summed E-state index contributed by atoms with van der Waals surface area (Å²) in [5.74, 6) is 0.474. The van der Waals surface area contributed by atoms with Gasteiger partial charge in [-0.25, -0.2) is 0 Å². The summed E-state index contributed by atoms with van der Waals surface area (Å²) in [7, 11) is 0. The minimum atomic E-state index is 0.104. The van der Waals surface area contributed by atoms with Gasteiger partial charge >= 0.3 is 0 Å². The van der Waals surface area contributed by atoms with Crippen LogP contribution in [0.25, 0.3) is 0 Å². The molecule has 1 heterocycles. The van der Waals surface area contributed by atoms with Crippen LogP contribution in [0.4, 0.5) is 0 Å². The van der Waals surface area contributed by atoms with E-state index in [4.69, 9.17) is 5.73 Å². The van der Waals surface area contributed by atoms with Gasteiger partial charge in [-0.2, -0.15) is 0 Å². The van der Waals surface area contributed by atoms with Gasteiger partial charge in [-0.1, -0.05) is 32.1 Å². The van der Waals surface area contributed by atoms with Gasteiger partial charge in [0, 0.05) is 19.1 Å². The molecular formula is C17H30N2O. The largest absolute Gasteiger partial charge is 0.342 e. The molecule has 2 N–H and O–H groups in total. The van der Waals surface area contributed by atoms with E-state index in [0.29, 0.717) is 11.3 Å². The van der Waals surface area contributed by atoms with Gasteiger partial charge in [-0.15, -0.1) is 0 Å². The molecule has 3 nitrogen and oxygen atoms in total. The summed E-state index contributed by atoms with van der Waals surface area (Å²) in [6.07, 6.45) is 13.8. The highest BCUT2D eigenvalue weighted by atomic mass is 16.2. The highest BCUT2D eigenvalue weighted by Crippen LogP contribution is 2.46. The van der Waals surface area contributed by atoms with E-state index in [0.717, 1.165) is 25.9 Å². The van der Waals surface area contributed by atoms with Crippen molar-refractivity contribution in [3.8, 4) is 0 Å². The van der Waals surface area contributed by atoms with Crippen LogP contribution >= 0.6 is 0 Å². The molecule has 2 aliphatic carbocycles. The number of likely N-dealkylation sites (tertiary alicyclic amines) is 1. The Bertz CT molecular complexity index is 339. The monoisotopic (exact) mass is 278 g/mol. The Kier molecular flexibility index (Phi) is 4.34. The van der Waals surface area contributed by atoms with E-state index in [9.17, 15) is 4.79 Å². The molecule has 1 aliphatic heterocycles. The summed E-state index contributed by atoms with van der Waals surface area (Å²) >= 11 is 0. The Hall–Kier alpha value is -0.570. The van der Waals surface area contributed by atoms with Crippen LogP contribution in [0.3, 0.4) is 0 Å². The number of rotatable bonds is 1. The van der Waals surface area contributed by atoms with Crippen LogP contribution in [0.15, 0.2) is 0 Å². The number of carbonyl (C=O) groups excluding carboxylic acids is 1. The smallest absolute Gasteiger partial charge is 0.227 e. The fourth-order valence-corrected chi connectivity index (χ4v) is 4.70. The molecule has 0 radical (unpaired) electrons. The molecule has 20 heavy (non-hydrogen) atoms. The van der Waals surface area contributed by atoms with E-state index in [1.807, 2.05) is 0 Å². The molecule has 2 unspecified atom stereocenters. The van der Waals surface area contributed by atoms with Crippen LogP contribution in [0, 0.1) is 11.3 Å². The van der Waals surface area contributed by atoms with Crippen LogP contribution in [0.5, 0.6) is 0 Å². The second-order valence-corrected chi connectivity index (χ2v) is 7.44. The average molecular weight is 278 g/mol. The number of piperidine rings is 1. The number of amides is 1. The highest BCUT2D eigenvalue weighted by Gasteiger charge is 2.39. The van der Waals surface area contributed by atoms with Crippen molar-refractivity contribution in [1.82, 2.24) is 4.90 Å². The number of nitrogens with two attached hydrogens (primary N) is 1. The number of hydrogen-bond donors (Lipinski definition) is 1. The standard InChI is InChI=1S/C17H30N2O/c18-15-7-3-1-2-6-14(15)16(20)19-12-10-17(11-13-19)8-4-5-9-17/h14-15H,1-13,18H2. The Morgan fingerprint density at radius 2 is 1.55 bits per heavy atom. The molecule has 1 amide bonds. The van der Waals surface area contributed by atoms with Crippen molar-refractivity contribution in [1.29, 1.82) is 0 Å². The SMILES string of the molecule is NC1CCCCCC1C(=O)N1CCC2(CCCC2)CC1. The Balaban J connectivity index is 1.57. The molecule has 3 aliphatic rings. The van der Waals surface area contributed by atoms with Crippen molar-refractivity contribution >= 4 is 5.91 Å². The molecule has 114 valence electrons. The van der Waals surface area contributed by atoms with Crippen LogP contribution in [0.1, 0.15) is 70.6 Å². The first-order valence-corrected chi connectivity index (χ1v) is 8.75. The minimum absolute atomic E-state index is 0.104. The summed E-state index contributed by atoms with van der Waals surface area (Å²) in [4.78, 5) is 14.9. The molecular weight excluding hydrogens is 248 g/mol. The second-order valence-electron chi connectivity index (χ2n) is 7.44. The predicted octanol–water partition coefficient (Wildman–Crippen LogP) is 3.08. The van der Waals surface area contributed by atoms with Gasteiger partial charge in [0.2, 0.25) is 5.91 Å². The van der Waals surface area contributed by atoms with E-state index in [1.165, 1.54) is 57.8 Å². The molecule has 2 atom stereocenters. The molecule has 0 aromatic carbocycles. The third-order valence-corrected chi connectivity index (χ3v) is 6.19. The molecule has 0 aromatic heterocycles. The molecule has 1 saturated heterocycles. The maximum absolute atomic E-state index is 12.8. The molecule has 3 heteroatoms. The van der Waals surface area contributed by atoms with Gasteiger partial charge in [0.25, 0.3) is 0 Å². The summed E-state index contributed by atoms with van der Waals surface area (Å²) in [6.45, 7) is 1.98. The van der Waals surface area contributed by atoms with Crippen molar-refractivity contribution in [2.24, 2.45) is 17.1 Å². The molecule has 2 saturated carbocycles. The van der Waals surface area contributed by atoms with E-state index >= 15 is 0 Å². The summed E-state index contributed by atoms with van der Waals surface area (Å²) in [5, 5.41) is 0. The minimum Gasteiger partial charge on any atom is -0.342 e. The fraction of sp³-hybridized carbons (Fsp3) is 0.941. The zero-order valence-corrected chi connectivity index (χ0v) is 12.8. The van der Waals surface area contributed by atoms with Gasteiger partial charge in [0.1, 0.15) is 0 Å². The van der Waals surface area contributed by atoms with Crippen molar-refractivity contribution < 1.29 is 4.79 Å². The topological polar surface area (TPSA) is 46.3 Å². The van der Waals surface area contributed by atoms with Gasteiger partial charge in [-0.05, 0) is 43.9 Å². The van der Waals surface area contributed by atoms with Crippen LogP contribution in [-0.2, 0) is 4.79 Å². The van der Waals surface area contributed by atoms with Gasteiger partial charge < -0.3 is 10.6 Å². The Labute approximate surface area is 123 Å². The van der Waals surface area contributed by atoms with Crippen LogP contribution < -0.4 is 5.73 Å². The zero-order chi connectivity index (χ0) is 14.0. The maximum Gasteiger partial charge on any atom is 0.227 e. The average Bonchev–Trinajstić information content (AvgIpc) is 2.79. The van der Waals surface area contributed by atoms with Gasteiger partial charge in [-0.3, -0.25) is 4.79 Å². The second kappa shape index (κ2) is 6.05. The van der Waals surface area contributed by atoms with E-state index in [1.54, 1.807) is 0 Å². The Morgan fingerprint density at radius 1 is 0.900 bits per heavy atom. The zero-order valence-electron chi connectivity index (χ0n) is 12.8. The molecule has 1 spiro atoms. The number of nitrogens with zero attached hydrogens (tertiary/aromatic N) is 1. The van der Waals surface area contributed by atoms with Crippen molar-refractivity contribution in [2.75, 3.05) is 13.1 Å². The summed E-state index contributed by atoms with van der Waals surface area (Å²) in [6, 6.07) is 0.104. The third-order valence-electron chi connectivity index (χ3n) is 6.19. The molecule has 0 aromatic rings. The van der Waals surface area contributed by atoms with Gasteiger partial charge in [0.15, 0.2) is 0 Å². The normalized spacial score (nSPS) is 34.1. The molecule has 0 bridgehead atoms. The summed E-state index contributed by atoms with van der Waals surface area (Å²) < 4.78 is 0. The number of carbonyl (C=O) groups is 1. The number of hydrogen-bond acceptors (Lipinski definition) is 2. The first kappa shape index (κ1) is 14.4. The van der Waals surface area contributed by atoms with E-state index < -0.39 is 0 Å². The fourth-order valence-electron chi connectivity index (χ4n) is 4.70. The summed E-state index contributed by atoms with van der Waals surface area (Å²) in [5.41, 5.74) is 6.85. The lowest BCUT2D eigenvalue weighted by Crippen LogP contribution is -2.48. The van der Waals surface area contributed by atoms with Gasteiger partial charge in [0.05, 0.1) is 5.92 Å². The first-order valence-electron chi connectivity index (χ1n) is 8.75. The maximum atomic E-state index is 12.8. The van der Waals surface area contributed by atoms with Crippen molar-refractivity contribution in [3.63, 3.8) is 0 Å². The highest BCUT2D eigenvalue weighted by molar-refractivity contribution is 5.79. The van der Waals surface area contributed by atoms with E-state index in [-0.39, 0.29) is 12.0 Å². The first-order chi connectivity index (χ1) is 9.70. The Morgan fingerprint density at radius 3 is 2.25 bits per heavy atom. The predicted molar refractivity (Wildman–Crippen MR) is 81.3 cm³/mol. The van der Waals surface area contributed by atoms with Crippen LogP contribution in [-0.4, -0.2) is 29.9 Å².